The van der Waals surface area contributed by atoms with E-state index in [1.54, 1.807) is 12.1 Å². The zero-order valence-corrected chi connectivity index (χ0v) is 10.1. The Morgan fingerprint density at radius 3 is 2.56 bits per heavy atom. The largest absolute Gasteiger partial charge is 0.481 e. The van der Waals surface area contributed by atoms with Crippen molar-refractivity contribution in [2.24, 2.45) is 0 Å². The summed E-state index contributed by atoms with van der Waals surface area (Å²) in [5, 5.41) is 22.2. The molecule has 0 heterocycles. The van der Waals surface area contributed by atoms with Crippen molar-refractivity contribution in [3.8, 4) is 0 Å². The summed E-state index contributed by atoms with van der Waals surface area (Å²) in [6.45, 7) is 2.48. The normalized spacial score (nSPS) is 12.1. The van der Waals surface area contributed by atoms with E-state index >= 15 is 0 Å². The Balaban J connectivity index is 2.39. The van der Waals surface area contributed by atoms with Gasteiger partial charge in [-0.1, -0.05) is 12.1 Å². The quantitative estimate of drug-likeness (QED) is 0.571. The molecule has 0 aliphatic carbocycles. The van der Waals surface area contributed by atoms with Gasteiger partial charge in [0, 0.05) is 31.1 Å². The first kappa shape index (κ1) is 14.1. The number of nitro groups is 1. The summed E-state index contributed by atoms with van der Waals surface area (Å²) in [4.78, 5) is 20.4. The Morgan fingerprint density at radius 2 is 2.06 bits per heavy atom. The SMILES string of the molecule is CC(CCC(=O)O)NCc1ccc([N+](=O)[O-])cc1. The fourth-order valence-electron chi connectivity index (χ4n) is 1.47. The van der Waals surface area contributed by atoms with Crippen LogP contribution in [0.4, 0.5) is 5.69 Å². The van der Waals surface area contributed by atoms with Gasteiger partial charge >= 0.3 is 5.97 Å². The lowest BCUT2D eigenvalue weighted by Crippen LogP contribution is -2.26. The van der Waals surface area contributed by atoms with Gasteiger partial charge in [-0.05, 0) is 18.9 Å². The fourth-order valence-corrected chi connectivity index (χ4v) is 1.47. The summed E-state index contributed by atoms with van der Waals surface area (Å²) in [6.07, 6.45) is 0.691. The summed E-state index contributed by atoms with van der Waals surface area (Å²) in [5.74, 6) is -0.806. The molecule has 1 unspecified atom stereocenters. The zero-order valence-electron chi connectivity index (χ0n) is 10.1. The molecule has 0 spiro atoms. The average Bonchev–Trinajstić information content (AvgIpc) is 2.34. The van der Waals surface area contributed by atoms with E-state index in [0.29, 0.717) is 13.0 Å². The fraction of sp³-hybridized carbons (Fsp3) is 0.417. The summed E-state index contributed by atoms with van der Waals surface area (Å²) in [5.41, 5.74) is 1.00. The van der Waals surface area contributed by atoms with Crippen LogP contribution in [-0.2, 0) is 11.3 Å². The molecule has 98 valence electrons. The maximum atomic E-state index is 10.5. The zero-order chi connectivity index (χ0) is 13.5. The second-order valence-electron chi connectivity index (χ2n) is 4.14. The number of benzene rings is 1. The molecule has 6 nitrogen and oxygen atoms in total. The van der Waals surface area contributed by atoms with Crippen LogP contribution in [0.5, 0.6) is 0 Å². The van der Waals surface area contributed by atoms with Gasteiger partial charge in [-0.2, -0.15) is 0 Å². The van der Waals surface area contributed by atoms with E-state index in [9.17, 15) is 14.9 Å². The number of carboxylic acid groups (broad SMARTS) is 1. The van der Waals surface area contributed by atoms with Crippen LogP contribution in [-0.4, -0.2) is 22.0 Å². The number of nitro benzene ring substituents is 1. The average molecular weight is 252 g/mol. The van der Waals surface area contributed by atoms with Gasteiger partial charge in [-0.3, -0.25) is 14.9 Å². The van der Waals surface area contributed by atoms with Crippen LogP contribution < -0.4 is 5.32 Å². The Kier molecular flexibility index (Phi) is 5.26. The Bertz CT molecular complexity index is 417. The molecule has 1 aromatic rings. The van der Waals surface area contributed by atoms with Crippen LogP contribution in [0.2, 0.25) is 0 Å². The number of rotatable bonds is 7. The molecule has 2 N–H and O–H groups in total. The van der Waals surface area contributed by atoms with E-state index in [1.165, 1.54) is 12.1 Å². The number of hydrogen-bond donors (Lipinski definition) is 2. The third-order valence-electron chi connectivity index (χ3n) is 2.59. The Labute approximate surface area is 105 Å². The number of hydrogen-bond acceptors (Lipinski definition) is 4. The minimum atomic E-state index is -0.806. The van der Waals surface area contributed by atoms with Gasteiger partial charge in [0.15, 0.2) is 0 Å². The number of non-ortho nitro benzene ring substituents is 1. The maximum Gasteiger partial charge on any atom is 0.303 e. The maximum absolute atomic E-state index is 10.5. The lowest BCUT2D eigenvalue weighted by atomic mass is 10.1. The monoisotopic (exact) mass is 252 g/mol. The van der Waals surface area contributed by atoms with Crippen molar-refractivity contribution >= 4 is 11.7 Å². The molecule has 0 bridgehead atoms. The molecule has 1 aromatic carbocycles. The van der Waals surface area contributed by atoms with Crippen molar-refractivity contribution in [2.45, 2.75) is 32.4 Å². The van der Waals surface area contributed by atoms with Gasteiger partial charge in [-0.15, -0.1) is 0 Å². The number of aliphatic carboxylic acids is 1. The van der Waals surface area contributed by atoms with Crippen molar-refractivity contribution in [2.75, 3.05) is 0 Å². The van der Waals surface area contributed by atoms with E-state index in [0.717, 1.165) is 5.56 Å². The number of carbonyl (C=O) groups is 1. The summed E-state index contributed by atoms with van der Waals surface area (Å²) < 4.78 is 0. The Hall–Kier alpha value is -1.95. The van der Waals surface area contributed by atoms with Crippen molar-refractivity contribution in [1.82, 2.24) is 5.32 Å². The number of nitrogens with one attached hydrogen (secondary N) is 1. The molecule has 0 aromatic heterocycles. The van der Waals surface area contributed by atoms with Crippen molar-refractivity contribution in [3.05, 3.63) is 39.9 Å². The highest BCUT2D eigenvalue weighted by molar-refractivity contribution is 5.66. The topological polar surface area (TPSA) is 92.5 Å². The van der Waals surface area contributed by atoms with Crippen LogP contribution in [0.15, 0.2) is 24.3 Å². The number of nitrogens with zero attached hydrogens (tertiary/aromatic N) is 1. The minimum Gasteiger partial charge on any atom is -0.481 e. The summed E-state index contributed by atoms with van der Waals surface area (Å²) >= 11 is 0. The van der Waals surface area contributed by atoms with E-state index in [2.05, 4.69) is 5.32 Å². The van der Waals surface area contributed by atoms with Crippen LogP contribution >= 0.6 is 0 Å². The molecule has 6 heteroatoms. The first-order valence-electron chi connectivity index (χ1n) is 5.67. The number of carboxylic acids is 1. The highest BCUT2D eigenvalue weighted by atomic mass is 16.6. The van der Waals surface area contributed by atoms with Gasteiger partial charge in [-0.25, -0.2) is 0 Å². The molecule has 0 fully saturated rings. The molecule has 0 aliphatic rings. The molecule has 1 atom stereocenters. The van der Waals surface area contributed by atoms with Crippen LogP contribution in [0.1, 0.15) is 25.3 Å². The van der Waals surface area contributed by atoms with Crippen molar-refractivity contribution in [1.29, 1.82) is 0 Å². The second kappa shape index (κ2) is 6.70. The highest BCUT2D eigenvalue weighted by Gasteiger charge is 2.06. The van der Waals surface area contributed by atoms with Crippen molar-refractivity contribution in [3.63, 3.8) is 0 Å². The van der Waals surface area contributed by atoms with Gasteiger partial charge in [0.05, 0.1) is 4.92 Å². The van der Waals surface area contributed by atoms with Gasteiger partial charge in [0.25, 0.3) is 5.69 Å². The predicted octanol–water partition coefficient (Wildman–Crippen LogP) is 1.94. The molecule has 18 heavy (non-hydrogen) atoms. The third kappa shape index (κ3) is 4.92. The lowest BCUT2D eigenvalue weighted by molar-refractivity contribution is -0.384. The molecule has 0 saturated carbocycles. The van der Waals surface area contributed by atoms with Crippen LogP contribution in [0.3, 0.4) is 0 Å². The summed E-state index contributed by atoms with van der Waals surface area (Å²) in [7, 11) is 0. The molecule has 0 aliphatic heterocycles. The first-order valence-corrected chi connectivity index (χ1v) is 5.67. The third-order valence-corrected chi connectivity index (χ3v) is 2.59. The first-order chi connectivity index (χ1) is 8.49. The molecule has 0 radical (unpaired) electrons. The van der Waals surface area contributed by atoms with Crippen molar-refractivity contribution < 1.29 is 14.8 Å². The van der Waals surface area contributed by atoms with Gasteiger partial charge < -0.3 is 10.4 Å². The van der Waals surface area contributed by atoms with E-state index in [1.807, 2.05) is 6.92 Å². The summed E-state index contributed by atoms with van der Waals surface area (Å²) in [6, 6.07) is 6.39. The van der Waals surface area contributed by atoms with E-state index < -0.39 is 10.9 Å². The standard InChI is InChI=1S/C12H16N2O4/c1-9(2-7-12(15)16)13-8-10-3-5-11(6-4-10)14(17)18/h3-6,9,13H,2,7-8H2,1H3,(H,15,16). The Morgan fingerprint density at radius 1 is 1.44 bits per heavy atom. The van der Waals surface area contributed by atoms with Crippen LogP contribution in [0.25, 0.3) is 0 Å². The molecular formula is C12H16N2O4. The molecule has 0 amide bonds. The van der Waals surface area contributed by atoms with Crippen LogP contribution in [0, 0.1) is 10.1 Å². The van der Waals surface area contributed by atoms with Gasteiger partial charge in [0.2, 0.25) is 0 Å². The van der Waals surface area contributed by atoms with E-state index in [4.69, 9.17) is 5.11 Å². The lowest BCUT2D eigenvalue weighted by Gasteiger charge is -2.12. The highest BCUT2D eigenvalue weighted by Crippen LogP contribution is 2.12. The molecular weight excluding hydrogens is 236 g/mol. The second-order valence-corrected chi connectivity index (χ2v) is 4.14. The predicted molar refractivity (Wildman–Crippen MR) is 66.3 cm³/mol. The minimum absolute atomic E-state index is 0.0673. The van der Waals surface area contributed by atoms with E-state index in [-0.39, 0.29) is 18.2 Å². The molecule has 0 saturated heterocycles. The smallest absolute Gasteiger partial charge is 0.303 e. The van der Waals surface area contributed by atoms with Gasteiger partial charge in [0.1, 0.15) is 0 Å². The molecule has 1 rings (SSSR count).